The van der Waals surface area contributed by atoms with Crippen LogP contribution in [0.1, 0.15) is 70.5 Å². The number of anilines is 1. The first-order valence-corrected chi connectivity index (χ1v) is 11.7. The van der Waals surface area contributed by atoms with Gasteiger partial charge in [0.15, 0.2) is 0 Å². The smallest absolute Gasteiger partial charge is 0.229 e. The summed E-state index contributed by atoms with van der Waals surface area (Å²) in [6.45, 7) is 7.63. The third kappa shape index (κ3) is 10.1. The van der Waals surface area contributed by atoms with E-state index >= 15 is 0 Å². The van der Waals surface area contributed by atoms with E-state index in [1.165, 1.54) is 32.1 Å². The maximum atomic E-state index is 11.2. The van der Waals surface area contributed by atoms with Crippen LogP contribution >= 0.6 is 0 Å². The fourth-order valence-electron chi connectivity index (χ4n) is 3.03. The summed E-state index contributed by atoms with van der Waals surface area (Å²) in [6.07, 6.45) is 8.78. The van der Waals surface area contributed by atoms with Crippen molar-refractivity contribution in [3.63, 3.8) is 0 Å². The molecule has 1 atom stereocenters. The number of nitrogens with zero attached hydrogens (tertiary/aromatic N) is 1. The summed E-state index contributed by atoms with van der Waals surface area (Å²) >= 11 is 0. The van der Waals surface area contributed by atoms with Gasteiger partial charge < -0.3 is 10.0 Å². The van der Waals surface area contributed by atoms with E-state index in [0.29, 0.717) is 12.1 Å². The zero-order chi connectivity index (χ0) is 19.4. The first kappa shape index (κ1) is 22.9. The molecule has 0 aliphatic carbocycles. The summed E-state index contributed by atoms with van der Waals surface area (Å²) in [6, 6.07) is 6.94. The van der Waals surface area contributed by atoms with Crippen LogP contribution in [0.25, 0.3) is 0 Å². The number of hydrogen-bond donors (Lipinski definition) is 2. The summed E-state index contributed by atoms with van der Waals surface area (Å²) in [5.74, 6) is 0. The number of benzene rings is 1. The molecule has 0 heterocycles. The largest absolute Gasteiger partial charge is 0.388 e. The number of hydrogen-bond acceptors (Lipinski definition) is 4. The zero-order valence-electron chi connectivity index (χ0n) is 16.6. The van der Waals surface area contributed by atoms with Gasteiger partial charge in [0.25, 0.3) is 0 Å². The summed E-state index contributed by atoms with van der Waals surface area (Å²) in [5, 5.41) is 10.3. The van der Waals surface area contributed by atoms with E-state index in [4.69, 9.17) is 0 Å². The van der Waals surface area contributed by atoms with Crippen LogP contribution < -0.4 is 4.72 Å². The van der Waals surface area contributed by atoms with Crippen LogP contribution in [-0.2, 0) is 10.0 Å². The Balaban J connectivity index is 2.32. The summed E-state index contributed by atoms with van der Waals surface area (Å²) in [4.78, 5) is 2.46. The Kier molecular flexibility index (Phi) is 10.9. The molecule has 5 nitrogen and oxygen atoms in total. The van der Waals surface area contributed by atoms with Gasteiger partial charge in [-0.1, -0.05) is 51.7 Å². The first-order chi connectivity index (χ1) is 12.4. The Bertz CT molecular complexity index is 588. The van der Waals surface area contributed by atoms with Crippen molar-refractivity contribution in [2.45, 2.75) is 64.9 Å². The Morgan fingerprint density at radius 2 is 1.77 bits per heavy atom. The van der Waals surface area contributed by atoms with Crippen LogP contribution in [-0.4, -0.2) is 44.3 Å². The SMILES string of the molecule is CCCCCCCN(CC)[14CH2]CC[14CH](O)c1ccc(NS(C)(=O)=O)cc1. The number of sulfonamides is 1. The molecule has 1 unspecified atom stereocenters. The lowest BCUT2D eigenvalue weighted by molar-refractivity contribution is 0.155. The van der Waals surface area contributed by atoms with Crippen LogP contribution in [0.3, 0.4) is 0 Å². The topological polar surface area (TPSA) is 69.6 Å². The van der Waals surface area contributed by atoms with Crippen molar-refractivity contribution in [1.82, 2.24) is 4.90 Å². The van der Waals surface area contributed by atoms with Crippen molar-refractivity contribution in [2.75, 3.05) is 30.6 Å². The zero-order valence-corrected chi connectivity index (χ0v) is 17.4. The number of rotatable bonds is 14. The normalized spacial score (nSPS) is 13.1. The fourth-order valence-corrected chi connectivity index (χ4v) is 3.59. The lowest BCUT2D eigenvalue weighted by Crippen LogP contribution is -2.26. The molecule has 6 heteroatoms. The second kappa shape index (κ2) is 12.3. The monoisotopic (exact) mass is 388 g/mol. The quantitative estimate of drug-likeness (QED) is 0.470. The first-order valence-electron chi connectivity index (χ1n) is 9.84. The van der Waals surface area contributed by atoms with Gasteiger partial charge in [0.2, 0.25) is 10.0 Å². The highest BCUT2D eigenvalue weighted by atomic mass is 32.2. The minimum absolute atomic E-state index is 0.509. The lowest BCUT2D eigenvalue weighted by atomic mass is 10.1. The molecule has 1 aromatic carbocycles. The maximum Gasteiger partial charge on any atom is 0.229 e. The second-order valence-corrected chi connectivity index (χ2v) is 8.75. The van der Waals surface area contributed by atoms with E-state index in [2.05, 4.69) is 23.5 Å². The van der Waals surface area contributed by atoms with Crippen LogP contribution in [0.5, 0.6) is 0 Å². The molecule has 0 spiro atoms. The van der Waals surface area contributed by atoms with Gasteiger partial charge in [-0.15, -0.1) is 0 Å². The molecular weight excluding hydrogens is 352 g/mol. The van der Waals surface area contributed by atoms with Gasteiger partial charge in [-0.05, 0) is 56.6 Å². The van der Waals surface area contributed by atoms with Gasteiger partial charge in [0.1, 0.15) is 0 Å². The predicted octanol–water partition coefficient (Wildman–Crippen LogP) is 4.16. The average molecular weight is 389 g/mol. The van der Waals surface area contributed by atoms with E-state index in [-0.39, 0.29) is 0 Å². The standard InChI is InChI=1S/C20H36N2O3S/c1-4-6-7-8-9-16-22(5-2)17-10-11-20(23)18-12-14-19(15-13-18)21-26(3,24)25/h12-15,20-21,23H,4-11,16-17H2,1-3H3/i17+2,20+2. The van der Waals surface area contributed by atoms with Crippen molar-refractivity contribution < 1.29 is 13.5 Å². The maximum absolute atomic E-state index is 11.2. The van der Waals surface area contributed by atoms with Crippen LogP contribution in [0, 0.1) is 0 Å². The van der Waals surface area contributed by atoms with E-state index in [1.807, 2.05) is 0 Å². The molecule has 1 aromatic rings. The number of aliphatic hydroxyl groups is 1. The fraction of sp³-hybridized carbons (Fsp3) is 0.700. The molecule has 26 heavy (non-hydrogen) atoms. The highest BCUT2D eigenvalue weighted by Crippen LogP contribution is 2.21. The second-order valence-electron chi connectivity index (χ2n) is 7.00. The molecule has 0 bridgehead atoms. The van der Waals surface area contributed by atoms with Gasteiger partial charge in [-0.25, -0.2) is 8.42 Å². The van der Waals surface area contributed by atoms with Gasteiger partial charge in [0, 0.05) is 5.69 Å². The van der Waals surface area contributed by atoms with Crippen molar-refractivity contribution >= 4 is 15.7 Å². The minimum Gasteiger partial charge on any atom is -0.388 e. The Morgan fingerprint density at radius 1 is 1.12 bits per heavy atom. The molecule has 0 amide bonds. The van der Waals surface area contributed by atoms with Gasteiger partial charge in [-0.2, -0.15) is 0 Å². The Labute approximate surface area is 159 Å². The molecule has 0 aromatic heterocycles. The molecule has 0 saturated heterocycles. The molecular formula is C20H36N2O3S. The minimum atomic E-state index is -3.27. The molecule has 0 aliphatic rings. The summed E-state index contributed by atoms with van der Waals surface area (Å²) < 4.78 is 24.9. The van der Waals surface area contributed by atoms with Crippen molar-refractivity contribution in [2.24, 2.45) is 0 Å². The molecule has 1 rings (SSSR count). The molecule has 2 N–H and O–H groups in total. The Hall–Kier alpha value is -1.11. The number of aliphatic hydroxyl groups excluding tert-OH is 1. The van der Waals surface area contributed by atoms with Crippen molar-refractivity contribution in [1.29, 1.82) is 0 Å². The van der Waals surface area contributed by atoms with Gasteiger partial charge in [-0.3, -0.25) is 4.72 Å². The third-order valence-electron chi connectivity index (χ3n) is 4.58. The lowest BCUT2D eigenvalue weighted by Gasteiger charge is -2.21. The van der Waals surface area contributed by atoms with E-state index in [0.717, 1.165) is 37.9 Å². The van der Waals surface area contributed by atoms with Crippen LogP contribution in [0.15, 0.2) is 24.3 Å². The highest BCUT2D eigenvalue weighted by molar-refractivity contribution is 7.92. The van der Waals surface area contributed by atoms with Gasteiger partial charge >= 0.3 is 0 Å². The predicted molar refractivity (Wildman–Crippen MR) is 110 cm³/mol. The van der Waals surface area contributed by atoms with Crippen LogP contribution in [0.4, 0.5) is 5.69 Å². The molecule has 0 fully saturated rings. The number of nitrogens with one attached hydrogen (secondary N) is 1. The van der Waals surface area contributed by atoms with E-state index < -0.39 is 16.1 Å². The number of unbranched alkanes of at least 4 members (excludes halogenated alkanes) is 4. The van der Waals surface area contributed by atoms with Gasteiger partial charge in [0.05, 0.1) is 12.4 Å². The average Bonchev–Trinajstić information content (AvgIpc) is 2.59. The summed E-state index contributed by atoms with van der Waals surface area (Å²) in [7, 11) is -3.27. The molecule has 0 aliphatic heterocycles. The van der Waals surface area contributed by atoms with Crippen molar-refractivity contribution in [3.8, 4) is 0 Å². The van der Waals surface area contributed by atoms with E-state index in [1.54, 1.807) is 24.3 Å². The Morgan fingerprint density at radius 3 is 2.35 bits per heavy atom. The third-order valence-corrected chi connectivity index (χ3v) is 5.18. The van der Waals surface area contributed by atoms with Crippen LogP contribution in [0.2, 0.25) is 0 Å². The summed E-state index contributed by atoms with van der Waals surface area (Å²) in [5.41, 5.74) is 1.34. The molecule has 150 valence electrons. The van der Waals surface area contributed by atoms with Crippen molar-refractivity contribution in [3.05, 3.63) is 29.8 Å². The molecule has 0 radical (unpaired) electrons. The van der Waals surface area contributed by atoms with E-state index in [9.17, 15) is 13.5 Å². The molecule has 0 saturated carbocycles. The highest BCUT2D eigenvalue weighted by Gasteiger charge is 2.10.